The van der Waals surface area contributed by atoms with E-state index in [9.17, 15) is 19.7 Å². The number of anilines is 1. The Bertz CT molecular complexity index is 1810. The van der Waals surface area contributed by atoms with E-state index >= 15 is 0 Å². The van der Waals surface area contributed by atoms with Gasteiger partial charge in [-0.05, 0) is 66.2 Å². The van der Waals surface area contributed by atoms with Crippen molar-refractivity contribution in [2.75, 3.05) is 19.0 Å². The zero-order chi connectivity index (χ0) is 30.5. The van der Waals surface area contributed by atoms with Crippen LogP contribution in [0.25, 0.3) is 11.3 Å². The van der Waals surface area contributed by atoms with Gasteiger partial charge in [0, 0.05) is 55.8 Å². The van der Waals surface area contributed by atoms with Crippen LogP contribution in [0.15, 0.2) is 102 Å². The van der Waals surface area contributed by atoms with Crippen LogP contribution in [0.4, 0.5) is 11.4 Å². The molecule has 3 aromatic carbocycles. The molecule has 0 aliphatic heterocycles. The lowest BCUT2D eigenvalue weighted by molar-refractivity contribution is -0.384. The number of nitro groups is 1. The van der Waals surface area contributed by atoms with Gasteiger partial charge in [0.1, 0.15) is 5.76 Å². The number of benzene rings is 3. The van der Waals surface area contributed by atoms with Gasteiger partial charge < -0.3 is 18.8 Å². The fraction of sp³-hybridized carbons (Fsp3) is 0.125. The molecule has 2 aromatic heterocycles. The second-order valence-corrected chi connectivity index (χ2v) is 9.93. The van der Waals surface area contributed by atoms with Gasteiger partial charge in [0.15, 0.2) is 5.76 Å². The van der Waals surface area contributed by atoms with Gasteiger partial charge in [0.05, 0.1) is 35.1 Å². The standard InChI is InChI=1S/C32H26N6O5/c1-35(2)32(40)30-16-15-29(43-30)24-7-11-26(12-8-24)37(31(39)25-9-13-27(14-10-25)38(41)42)20-28-18-34-21-36(28)19-23-5-3-22(17-33)4-6-23/h3-16,18,21H,19-20H2,1-2H3. The average molecular weight is 575 g/mol. The van der Waals surface area contributed by atoms with Crippen LogP contribution >= 0.6 is 0 Å². The Hall–Kier alpha value is -6.02. The van der Waals surface area contributed by atoms with Crippen LogP contribution in [-0.4, -0.2) is 45.3 Å². The Kier molecular flexibility index (Phi) is 8.11. The fourth-order valence-corrected chi connectivity index (χ4v) is 4.46. The summed E-state index contributed by atoms with van der Waals surface area (Å²) < 4.78 is 7.67. The van der Waals surface area contributed by atoms with Crippen LogP contribution in [0.1, 0.15) is 37.7 Å². The Morgan fingerprint density at radius 2 is 1.65 bits per heavy atom. The lowest BCUT2D eigenvalue weighted by atomic mass is 10.1. The van der Waals surface area contributed by atoms with E-state index in [4.69, 9.17) is 9.68 Å². The maximum absolute atomic E-state index is 13.8. The van der Waals surface area contributed by atoms with E-state index in [1.54, 1.807) is 80.1 Å². The van der Waals surface area contributed by atoms with Gasteiger partial charge in [-0.2, -0.15) is 5.26 Å². The maximum Gasteiger partial charge on any atom is 0.289 e. The highest BCUT2D eigenvalue weighted by atomic mass is 16.6. The van der Waals surface area contributed by atoms with Crippen molar-refractivity contribution in [2.24, 2.45) is 0 Å². The Morgan fingerprint density at radius 1 is 0.953 bits per heavy atom. The Morgan fingerprint density at radius 3 is 2.28 bits per heavy atom. The zero-order valence-corrected chi connectivity index (χ0v) is 23.4. The minimum Gasteiger partial charge on any atom is -0.451 e. The molecule has 11 heteroatoms. The molecule has 5 aromatic rings. The molecule has 0 saturated carbocycles. The molecule has 5 rings (SSSR count). The quantitative estimate of drug-likeness (QED) is 0.167. The highest BCUT2D eigenvalue weighted by Gasteiger charge is 2.22. The number of nitro benzene ring substituents is 1. The van der Waals surface area contributed by atoms with Crippen molar-refractivity contribution < 1.29 is 18.9 Å². The average Bonchev–Trinajstić information content (AvgIpc) is 3.69. The molecule has 0 radical (unpaired) electrons. The number of nitriles is 1. The number of hydrogen-bond donors (Lipinski definition) is 0. The van der Waals surface area contributed by atoms with Crippen molar-refractivity contribution in [3.05, 3.63) is 136 Å². The summed E-state index contributed by atoms with van der Waals surface area (Å²) in [6, 6.07) is 25.3. The highest BCUT2D eigenvalue weighted by Crippen LogP contribution is 2.28. The first-order valence-corrected chi connectivity index (χ1v) is 13.2. The first-order chi connectivity index (χ1) is 20.7. The van der Waals surface area contributed by atoms with Crippen LogP contribution in [0.2, 0.25) is 0 Å². The number of carbonyl (C=O) groups is 2. The molecule has 0 fully saturated rings. The van der Waals surface area contributed by atoms with Crippen LogP contribution < -0.4 is 4.90 Å². The van der Waals surface area contributed by atoms with Crippen LogP contribution in [0.3, 0.4) is 0 Å². The summed E-state index contributed by atoms with van der Waals surface area (Å²) in [7, 11) is 3.29. The minimum absolute atomic E-state index is 0.112. The Balaban J connectivity index is 1.45. The predicted octanol–water partition coefficient (Wildman–Crippen LogP) is 5.52. The second-order valence-electron chi connectivity index (χ2n) is 9.93. The number of non-ortho nitro benzene ring substituents is 1. The van der Waals surface area contributed by atoms with Gasteiger partial charge in [0.25, 0.3) is 17.5 Å². The van der Waals surface area contributed by atoms with Gasteiger partial charge in [-0.3, -0.25) is 19.7 Å². The number of imidazole rings is 1. The summed E-state index contributed by atoms with van der Waals surface area (Å²) >= 11 is 0. The van der Waals surface area contributed by atoms with Gasteiger partial charge in [0.2, 0.25) is 0 Å². The van der Waals surface area contributed by atoms with Crippen molar-refractivity contribution in [2.45, 2.75) is 13.1 Å². The molecular formula is C32H26N6O5. The minimum atomic E-state index is -0.515. The molecule has 0 saturated heterocycles. The van der Waals surface area contributed by atoms with E-state index in [0.717, 1.165) is 16.8 Å². The van der Waals surface area contributed by atoms with E-state index in [1.807, 2.05) is 16.7 Å². The highest BCUT2D eigenvalue weighted by molar-refractivity contribution is 6.06. The van der Waals surface area contributed by atoms with E-state index in [1.165, 1.54) is 29.2 Å². The third-order valence-electron chi connectivity index (χ3n) is 6.81. The van der Waals surface area contributed by atoms with E-state index < -0.39 is 4.92 Å². The monoisotopic (exact) mass is 574 g/mol. The van der Waals surface area contributed by atoms with Gasteiger partial charge in [-0.25, -0.2) is 4.98 Å². The number of furan rings is 1. The predicted molar refractivity (Wildman–Crippen MR) is 158 cm³/mol. The number of carbonyl (C=O) groups excluding carboxylic acids is 2. The first-order valence-electron chi connectivity index (χ1n) is 13.2. The molecule has 214 valence electrons. The summed E-state index contributed by atoms with van der Waals surface area (Å²) in [5.41, 5.74) is 3.74. The van der Waals surface area contributed by atoms with Crippen molar-refractivity contribution >= 4 is 23.2 Å². The van der Waals surface area contributed by atoms with Crippen molar-refractivity contribution in [1.29, 1.82) is 5.26 Å². The molecule has 0 bridgehead atoms. The fourth-order valence-electron chi connectivity index (χ4n) is 4.46. The SMILES string of the molecule is CN(C)C(=O)c1ccc(-c2ccc(N(Cc3cncn3Cc3ccc(C#N)cc3)C(=O)c3ccc([N+](=O)[O-])cc3)cc2)o1. The largest absolute Gasteiger partial charge is 0.451 e. The number of rotatable bonds is 9. The molecule has 0 aliphatic carbocycles. The molecular weight excluding hydrogens is 548 g/mol. The van der Waals surface area contributed by atoms with Crippen molar-refractivity contribution in [1.82, 2.24) is 14.5 Å². The van der Waals surface area contributed by atoms with Crippen LogP contribution in [0.5, 0.6) is 0 Å². The summed E-state index contributed by atoms with van der Waals surface area (Å²) in [6.45, 7) is 0.639. The number of aromatic nitrogens is 2. The number of nitrogens with zero attached hydrogens (tertiary/aromatic N) is 6. The van der Waals surface area contributed by atoms with Gasteiger partial charge >= 0.3 is 0 Å². The molecule has 0 aliphatic rings. The lowest BCUT2D eigenvalue weighted by Crippen LogP contribution is -2.31. The third-order valence-corrected chi connectivity index (χ3v) is 6.81. The molecule has 0 atom stereocenters. The normalized spacial score (nSPS) is 10.6. The van der Waals surface area contributed by atoms with Crippen LogP contribution in [-0.2, 0) is 13.1 Å². The number of amides is 2. The molecule has 0 N–H and O–H groups in total. The molecule has 0 spiro atoms. The third kappa shape index (κ3) is 6.34. The molecule has 43 heavy (non-hydrogen) atoms. The van der Waals surface area contributed by atoms with Crippen molar-refractivity contribution in [3.8, 4) is 17.4 Å². The summed E-state index contributed by atoms with van der Waals surface area (Å²) in [4.78, 5) is 44.0. The molecule has 2 heterocycles. The van der Waals surface area contributed by atoms with E-state index in [2.05, 4.69) is 11.1 Å². The summed E-state index contributed by atoms with van der Waals surface area (Å²) in [5.74, 6) is 0.117. The van der Waals surface area contributed by atoms with E-state index in [0.29, 0.717) is 23.6 Å². The Labute approximate surface area is 247 Å². The lowest BCUT2D eigenvalue weighted by Gasteiger charge is -2.24. The second kappa shape index (κ2) is 12.2. The smallest absolute Gasteiger partial charge is 0.289 e. The zero-order valence-electron chi connectivity index (χ0n) is 23.4. The summed E-state index contributed by atoms with van der Waals surface area (Å²) in [6.07, 6.45) is 3.36. The molecule has 0 unspecified atom stereocenters. The number of hydrogen-bond acceptors (Lipinski definition) is 7. The topological polar surface area (TPSA) is 139 Å². The van der Waals surface area contributed by atoms with E-state index in [-0.39, 0.29) is 35.4 Å². The molecule has 11 nitrogen and oxygen atoms in total. The van der Waals surface area contributed by atoms with Gasteiger partial charge in [-0.1, -0.05) is 12.1 Å². The van der Waals surface area contributed by atoms with Gasteiger partial charge in [-0.15, -0.1) is 0 Å². The molecule has 2 amide bonds. The first kappa shape index (κ1) is 28.5. The maximum atomic E-state index is 13.8. The van der Waals surface area contributed by atoms with Crippen LogP contribution in [0, 0.1) is 21.4 Å². The van der Waals surface area contributed by atoms with Crippen molar-refractivity contribution in [3.63, 3.8) is 0 Å². The summed E-state index contributed by atoms with van der Waals surface area (Å²) in [5, 5.41) is 20.2.